The van der Waals surface area contributed by atoms with Crippen LogP contribution in [0, 0.1) is 11.8 Å². The van der Waals surface area contributed by atoms with Crippen LogP contribution in [0.2, 0.25) is 0 Å². The summed E-state index contributed by atoms with van der Waals surface area (Å²) < 4.78 is 0. The maximum Gasteiger partial charge on any atom is 0.239 e. The molecule has 106 valence electrons. The first kappa shape index (κ1) is 15.4. The van der Waals surface area contributed by atoms with Crippen molar-refractivity contribution >= 4 is 5.91 Å². The highest BCUT2D eigenvalue weighted by Crippen LogP contribution is 2.11. The van der Waals surface area contributed by atoms with Gasteiger partial charge in [-0.15, -0.1) is 0 Å². The summed E-state index contributed by atoms with van der Waals surface area (Å²) >= 11 is 0. The summed E-state index contributed by atoms with van der Waals surface area (Å²) in [6.07, 6.45) is 0.959. The molecular weight excluding hydrogens is 226 g/mol. The highest BCUT2D eigenvalue weighted by molar-refractivity contribution is 5.82. The van der Waals surface area contributed by atoms with Crippen LogP contribution >= 0.6 is 0 Å². The van der Waals surface area contributed by atoms with E-state index in [0.29, 0.717) is 5.92 Å². The van der Waals surface area contributed by atoms with E-state index in [9.17, 15) is 4.79 Å². The molecule has 0 aromatic carbocycles. The molecule has 0 spiro atoms. The van der Waals surface area contributed by atoms with Crippen molar-refractivity contribution in [2.45, 2.75) is 40.2 Å². The van der Waals surface area contributed by atoms with Gasteiger partial charge in [-0.3, -0.25) is 9.69 Å². The molecule has 1 aliphatic rings. The Labute approximate surface area is 111 Å². The second-order valence-corrected chi connectivity index (χ2v) is 5.93. The molecule has 0 radical (unpaired) electrons. The summed E-state index contributed by atoms with van der Waals surface area (Å²) in [5.41, 5.74) is 6.01. The van der Waals surface area contributed by atoms with Gasteiger partial charge in [-0.05, 0) is 11.8 Å². The zero-order valence-electron chi connectivity index (χ0n) is 12.4. The van der Waals surface area contributed by atoms with Gasteiger partial charge in [0.05, 0.1) is 6.04 Å². The van der Waals surface area contributed by atoms with E-state index >= 15 is 0 Å². The smallest absolute Gasteiger partial charge is 0.239 e. The molecule has 0 aromatic heterocycles. The van der Waals surface area contributed by atoms with Crippen molar-refractivity contribution in [3.63, 3.8) is 0 Å². The normalized spacial score (nSPS) is 21.1. The Morgan fingerprint density at radius 2 is 1.72 bits per heavy atom. The number of rotatable bonds is 5. The van der Waals surface area contributed by atoms with Crippen molar-refractivity contribution in [3.05, 3.63) is 0 Å². The molecule has 0 aromatic rings. The Kier molecular flexibility index (Phi) is 6.09. The van der Waals surface area contributed by atoms with Gasteiger partial charge in [0.25, 0.3) is 0 Å². The minimum Gasteiger partial charge on any atom is -0.339 e. The molecule has 2 N–H and O–H groups in total. The van der Waals surface area contributed by atoms with E-state index in [0.717, 1.165) is 39.1 Å². The fraction of sp³-hybridized carbons (Fsp3) is 0.929. The Bertz CT molecular complexity index is 260. The summed E-state index contributed by atoms with van der Waals surface area (Å²) in [5, 5.41) is 0. The SMILES string of the molecule is CCC(C)C(N)C(=O)N1CCN(CC(C)C)CC1. The van der Waals surface area contributed by atoms with Gasteiger partial charge in [0.1, 0.15) is 0 Å². The van der Waals surface area contributed by atoms with Crippen LogP contribution in [-0.4, -0.2) is 54.5 Å². The minimum atomic E-state index is -0.327. The Hall–Kier alpha value is -0.610. The fourth-order valence-electron chi connectivity index (χ4n) is 2.38. The first-order valence-electron chi connectivity index (χ1n) is 7.22. The van der Waals surface area contributed by atoms with E-state index in [1.54, 1.807) is 0 Å². The molecule has 2 atom stereocenters. The van der Waals surface area contributed by atoms with Crippen LogP contribution in [-0.2, 0) is 4.79 Å². The van der Waals surface area contributed by atoms with Gasteiger partial charge in [-0.2, -0.15) is 0 Å². The zero-order valence-corrected chi connectivity index (χ0v) is 12.4. The van der Waals surface area contributed by atoms with Crippen LogP contribution in [0.3, 0.4) is 0 Å². The van der Waals surface area contributed by atoms with Crippen molar-refractivity contribution in [1.29, 1.82) is 0 Å². The number of nitrogens with two attached hydrogens (primary N) is 1. The molecular formula is C14H29N3O. The Balaban J connectivity index is 2.40. The summed E-state index contributed by atoms with van der Waals surface area (Å²) in [6, 6.07) is -0.327. The van der Waals surface area contributed by atoms with Crippen LogP contribution < -0.4 is 5.73 Å². The lowest BCUT2D eigenvalue weighted by molar-refractivity contribution is -0.135. The van der Waals surface area contributed by atoms with Crippen molar-refractivity contribution in [3.8, 4) is 0 Å². The molecule has 1 heterocycles. The van der Waals surface area contributed by atoms with E-state index in [4.69, 9.17) is 5.73 Å². The highest BCUT2D eigenvalue weighted by atomic mass is 16.2. The van der Waals surface area contributed by atoms with Crippen molar-refractivity contribution < 1.29 is 4.79 Å². The molecule has 1 amide bonds. The van der Waals surface area contributed by atoms with Gasteiger partial charge < -0.3 is 10.6 Å². The van der Waals surface area contributed by atoms with Gasteiger partial charge in [0.15, 0.2) is 0 Å². The Morgan fingerprint density at radius 3 is 2.17 bits per heavy atom. The maximum atomic E-state index is 12.2. The van der Waals surface area contributed by atoms with Crippen LogP contribution in [0.25, 0.3) is 0 Å². The highest BCUT2D eigenvalue weighted by Gasteiger charge is 2.27. The summed E-state index contributed by atoms with van der Waals surface area (Å²) in [6.45, 7) is 13.3. The molecule has 4 nitrogen and oxygen atoms in total. The summed E-state index contributed by atoms with van der Waals surface area (Å²) in [7, 11) is 0. The van der Waals surface area contributed by atoms with Crippen molar-refractivity contribution in [2.24, 2.45) is 17.6 Å². The third-order valence-electron chi connectivity index (χ3n) is 3.85. The van der Waals surface area contributed by atoms with Gasteiger partial charge in [0, 0.05) is 32.7 Å². The third kappa shape index (κ3) is 4.25. The number of nitrogens with zero attached hydrogens (tertiary/aromatic N) is 2. The molecule has 18 heavy (non-hydrogen) atoms. The fourth-order valence-corrected chi connectivity index (χ4v) is 2.38. The number of carbonyl (C=O) groups excluding carboxylic acids is 1. The predicted molar refractivity (Wildman–Crippen MR) is 75.3 cm³/mol. The average Bonchev–Trinajstić information content (AvgIpc) is 2.36. The zero-order chi connectivity index (χ0) is 13.7. The topological polar surface area (TPSA) is 49.6 Å². The van der Waals surface area contributed by atoms with Crippen molar-refractivity contribution in [2.75, 3.05) is 32.7 Å². The number of carbonyl (C=O) groups is 1. The van der Waals surface area contributed by atoms with Crippen molar-refractivity contribution in [1.82, 2.24) is 9.80 Å². The summed E-state index contributed by atoms with van der Waals surface area (Å²) in [4.78, 5) is 16.6. The third-order valence-corrected chi connectivity index (χ3v) is 3.85. The molecule has 0 saturated carbocycles. The molecule has 2 unspecified atom stereocenters. The number of hydrogen-bond donors (Lipinski definition) is 1. The first-order valence-corrected chi connectivity index (χ1v) is 7.22. The molecule has 1 saturated heterocycles. The second-order valence-electron chi connectivity index (χ2n) is 5.93. The average molecular weight is 255 g/mol. The molecule has 1 fully saturated rings. The van der Waals surface area contributed by atoms with Crippen LogP contribution in [0.1, 0.15) is 34.1 Å². The lowest BCUT2D eigenvalue weighted by Gasteiger charge is -2.37. The van der Waals surface area contributed by atoms with E-state index in [2.05, 4.69) is 32.6 Å². The molecule has 0 bridgehead atoms. The van der Waals surface area contributed by atoms with E-state index < -0.39 is 0 Å². The van der Waals surface area contributed by atoms with Crippen LogP contribution in [0.15, 0.2) is 0 Å². The maximum absolute atomic E-state index is 12.2. The molecule has 1 aliphatic heterocycles. The minimum absolute atomic E-state index is 0.133. The first-order chi connectivity index (χ1) is 8.45. The van der Waals surface area contributed by atoms with Gasteiger partial charge in [-0.1, -0.05) is 34.1 Å². The molecule has 0 aliphatic carbocycles. The number of piperazine rings is 1. The van der Waals surface area contributed by atoms with Crippen LogP contribution in [0.5, 0.6) is 0 Å². The van der Waals surface area contributed by atoms with E-state index in [1.165, 1.54) is 0 Å². The monoisotopic (exact) mass is 255 g/mol. The quantitative estimate of drug-likeness (QED) is 0.802. The number of amides is 1. The van der Waals surface area contributed by atoms with Gasteiger partial charge in [-0.25, -0.2) is 0 Å². The largest absolute Gasteiger partial charge is 0.339 e. The summed E-state index contributed by atoms with van der Waals surface area (Å²) in [5.74, 6) is 1.09. The molecule has 4 heteroatoms. The van der Waals surface area contributed by atoms with E-state index in [1.807, 2.05) is 4.90 Å². The lowest BCUT2D eigenvalue weighted by atomic mass is 9.98. The number of hydrogen-bond acceptors (Lipinski definition) is 3. The van der Waals surface area contributed by atoms with Gasteiger partial charge >= 0.3 is 0 Å². The Morgan fingerprint density at radius 1 is 1.17 bits per heavy atom. The second kappa shape index (κ2) is 7.10. The standard InChI is InChI=1S/C14H29N3O/c1-5-12(4)13(15)14(18)17-8-6-16(7-9-17)10-11(2)3/h11-13H,5-10,15H2,1-4H3. The van der Waals surface area contributed by atoms with Crippen LogP contribution in [0.4, 0.5) is 0 Å². The molecule has 1 rings (SSSR count). The lowest BCUT2D eigenvalue weighted by Crippen LogP contribution is -2.54. The van der Waals surface area contributed by atoms with Gasteiger partial charge in [0.2, 0.25) is 5.91 Å². The van der Waals surface area contributed by atoms with E-state index in [-0.39, 0.29) is 17.9 Å². The predicted octanol–water partition coefficient (Wildman–Crippen LogP) is 1.16.